The summed E-state index contributed by atoms with van der Waals surface area (Å²) in [5.74, 6) is -4.01. The number of anilines is 2. The molecular formula is C33H36F2N8O6S. The van der Waals surface area contributed by atoms with E-state index >= 15 is 0 Å². The van der Waals surface area contributed by atoms with Crippen LogP contribution in [0.4, 0.5) is 19.6 Å². The molecule has 17 heteroatoms. The molecule has 6 rings (SSSR count). The lowest BCUT2D eigenvalue weighted by Gasteiger charge is -2.26. The van der Waals surface area contributed by atoms with Gasteiger partial charge in [0.05, 0.1) is 24.3 Å². The Hall–Kier alpha value is -5.03. The molecule has 0 saturated carbocycles. The number of benzene rings is 2. The first kappa shape index (κ1) is 34.8. The van der Waals surface area contributed by atoms with Gasteiger partial charge in [-0.2, -0.15) is 9.07 Å². The number of imide groups is 1. The number of hydrogen-bond donors (Lipinski definition) is 3. The van der Waals surface area contributed by atoms with Gasteiger partial charge in [-0.25, -0.2) is 9.37 Å². The summed E-state index contributed by atoms with van der Waals surface area (Å²) >= 11 is 1.39. The lowest BCUT2D eigenvalue weighted by Crippen LogP contribution is -2.45. The van der Waals surface area contributed by atoms with E-state index in [0.29, 0.717) is 62.4 Å². The van der Waals surface area contributed by atoms with Crippen LogP contribution in [0, 0.1) is 11.6 Å². The first-order valence-corrected chi connectivity index (χ1v) is 17.3. The Kier molecular flexibility index (Phi) is 11.2. The highest BCUT2D eigenvalue weighted by Crippen LogP contribution is 2.36. The van der Waals surface area contributed by atoms with Crippen molar-refractivity contribution in [2.75, 3.05) is 56.2 Å². The standard InChI is InChI=1S/C33H36F2N8O6S/c34-23-7-6-21(25-19-50-33(38-25)42-13-15-48-16-14-42)30(29(23)35)49-18-28(45)37-12-4-2-1-3-11-36-20-5-8-24-22(17-20)32(47)43(41-40-24)26-9-10-27(44)39-31(26)46/h5-8,17,19,26,36H,1-4,9-16,18H2,(H,37,45)(H,39,44,46). The highest BCUT2D eigenvalue weighted by molar-refractivity contribution is 7.14. The minimum absolute atomic E-state index is 0.120. The zero-order chi connectivity index (χ0) is 35.0. The zero-order valence-corrected chi connectivity index (χ0v) is 27.9. The van der Waals surface area contributed by atoms with Gasteiger partial charge in [0.25, 0.3) is 17.4 Å². The van der Waals surface area contributed by atoms with Crippen LogP contribution in [0.15, 0.2) is 40.5 Å². The third kappa shape index (κ3) is 8.22. The third-order valence-electron chi connectivity index (χ3n) is 8.39. The molecule has 3 N–H and O–H groups in total. The van der Waals surface area contributed by atoms with E-state index in [9.17, 15) is 28.0 Å². The Bertz CT molecular complexity index is 1930. The molecule has 0 aliphatic carbocycles. The van der Waals surface area contributed by atoms with Crippen LogP contribution in [-0.4, -0.2) is 83.7 Å². The molecule has 0 bridgehead atoms. The Morgan fingerprint density at radius 1 is 1.06 bits per heavy atom. The van der Waals surface area contributed by atoms with Crippen molar-refractivity contribution >= 4 is 50.8 Å². The highest BCUT2D eigenvalue weighted by Gasteiger charge is 2.30. The molecule has 4 aromatic rings. The molecule has 1 atom stereocenters. The van der Waals surface area contributed by atoms with Crippen molar-refractivity contribution in [1.29, 1.82) is 0 Å². The van der Waals surface area contributed by atoms with Gasteiger partial charge >= 0.3 is 0 Å². The number of unbranched alkanes of at least 4 members (excludes halogenated alkanes) is 3. The fourth-order valence-electron chi connectivity index (χ4n) is 5.70. The Morgan fingerprint density at radius 3 is 2.66 bits per heavy atom. The summed E-state index contributed by atoms with van der Waals surface area (Å²) in [6.45, 7) is 3.11. The summed E-state index contributed by atoms with van der Waals surface area (Å²) in [6, 6.07) is 6.67. The molecule has 2 saturated heterocycles. The Morgan fingerprint density at radius 2 is 1.86 bits per heavy atom. The van der Waals surface area contributed by atoms with Crippen molar-refractivity contribution < 1.29 is 32.6 Å². The van der Waals surface area contributed by atoms with Crippen molar-refractivity contribution in [1.82, 2.24) is 30.6 Å². The van der Waals surface area contributed by atoms with E-state index in [0.717, 1.165) is 40.8 Å². The molecule has 14 nitrogen and oxygen atoms in total. The second-order valence-electron chi connectivity index (χ2n) is 11.9. The molecule has 2 aliphatic rings. The number of amides is 3. The number of carbonyl (C=O) groups is 3. The summed E-state index contributed by atoms with van der Waals surface area (Å²) in [7, 11) is 0. The summed E-state index contributed by atoms with van der Waals surface area (Å²) in [4.78, 5) is 55.9. The van der Waals surface area contributed by atoms with Gasteiger partial charge in [-0.05, 0) is 49.6 Å². The number of aromatic nitrogens is 4. The number of piperidine rings is 1. The number of morpholine rings is 1. The second kappa shape index (κ2) is 16.1. The maximum Gasteiger partial charge on any atom is 0.278 e. The van der Waals surface area contributed by atoms with Crippen LogP contribution in [0.25, 0.3) is 22.2 Å². The van der Waals surface area contributed by atoms with Gasteiger partial charge in [0.1, 0.15) is 11.6 Å². The van der Waals surface area contributed by atoms with E-state index < -0.39 is 41.7 Å². The number of nitrogens with zero attached hydrogens (tertiary/aromatic N) is 5. The quantitative estimate of drug-likeness (QED) is 0.130. The van der Waals surface area contributed by atoms with E-state index in [1.165, 1.54) is 17.4 Å². The van der Waals surface area contributed by atoms with E-state index in [2.05, 4.69) is 36.1 Å². The molecule has 0 radical (unpaired) electrons. The van der Waals surface area contributed by atoms with Crippen LogP contribution in [-0.2, 0) is 19.1 Å². The molecule has 2 aliphatic heterocycles. The van der Waals surface area contributed by atoms with Crippen molar-refractivity contribution in [3.8, 4) is 17.0 Å². The van der Waals surface area contributed by atoms with Crippen LogP contribution >= 0.6 is 11.3 Å². The lowest BCUT2D eigenvalue weighted by atomic mass is 10.1. The van der Waals surface area contributed by atoms with Crippen molar-refractivity contribution in [3.63, 3.8) is 0 Å². The minimum Gasteiger partial charge on any atom is -0.480 e. The van der Waals surface area contributed by atoms with Crippen molar-refractivity contribution in [2.45, 2.75) is 44.6 Å². The first-order valence-electron chi connectivity index (χ1n) is 16.4. The average Bonchev–Trinajstić information content (AvgIpc) is 3.61. The SMILES string of the molecule is O=C(COc1c(-c2csc(N3CCOCC3)n2)ccc(F)c1F)NCCCCCCNc1ccc2nnn(C3CCC(=O)NC3=O)c(=O)c2c1. The monoisotopic (exact) mass is 710 g/mol. The summed E-state index contributed by atoms with van der Waals surface area (Å²) in [6.07, 6.45) is 3.55. The maximum atomic E-state index is 14.8. The number of nitrogens with one attached hydrogen (secondary N) is 3. The van der Waals surface area contributed by atoms with Gasteiger partial charge in [-0.3, -0.25) is 24.5 Å². The van der Waals surface area contributed by atoms with E-state index in [1.54, 1.807) is 23.6 Å². The molecule has 2 fully saturated rings. The van der Waals surface area contributed by atoms with Crippen molar-refractivity contribution in [3.05, 3.63) is 57.7 Å². The van der Waals surface area contributed by atoms with Gasteiger partial charge in [0, 0.05) is 49.2 Å². The second-order valence-corrected chi connectivity index (χ2v) is 12.7. The van der Waals surface area contributed by atoms with Gasteiger partial charge in [-0.1, -0.05) is 18.1 Å². The smallest absolute Gasteiger partial charge is 0.278 e. The number of hydrogen-bond acceptors (Lipinski definition) is 12. The topological polar surface area (TPSA) is 170 Å². The molecule has 50 heavy (non-hydrogen) atoms. The van der Waals surface area contributed by atoms with Crippen LogP contribution in [0.3, 0.4) is 0 Å². The summed E-state index contributed by atoms with van der Waals surface area (Å²) in [5, 5.41) is 19.1. The number of fused-ring (bicyclic) bond motifs is 1. The van der Waals surface area contributed by atoms with Gasteiger partial charge in [0.2, 0.25) is 11.7 Å². The molecular weight excluding hydrogens is 674 g/mol. The molecule has 2 aromatic heterocycles. The molecule has 264 valence electrons. The van der Waals surface area contributed by atoms with Crippen LogP contribution in [0.2, 0.25) is 0 Å². The molecule has 0 spiro atoms. The van der Waals surface area contributed by atoms with Crippen LogP contribution in [0.1, 0.15) is 44.6 Å². The Balaban J connectivity index is 0.918. The number of ether oxygens (including phenoxy) is 2. The van der Waals surface area contributed by atoms with E-state index in [-0.39, 0.29) is 30.1 Å². The lowest BCUT2D eigenvalue weighted by molar-refractivity contribution is -0.136. The van der Waals surface area contributed by atoms with Gasteiger partial charge in [0.15, 0.2) is 23.3 Å². The number of rotatable bonds is 14. The Labute approximate surface area is 289 Å². The largest absolute Gasteiger partial charge is 0.480 e. The minimum atomic E-state index is -1.17. The fraction of sp³-hybridized carbons (Fsp3) is 0.424. The maximum absolute atomic E-state index is 14.8. The van der Waals surface area contributed by atoms with Crippen LogP contribution < -0.4 is 31.1 Å². The highest BCUT2D eigenvalue weighted by atomic mass is 32.1. The normalized spacial score (nSPS) is 16.4. The zero-order valence-electron chi connectivity index (χ0n) is 27.1. The summed E-state index contributed by atoms with van der Waals surface area (Å²) in [5.41, 5.74) is 1.36. The molecule has 1 unspecified atom stereocenters. The number of carbonyl (C=O) groups excluding carboxylic acids is 3. The van der Waals surface area contributed by atoms with Crippen LogP contribution in [0.5, 0.6) is 5.75 Å². The molecule has 4 heterocycles. The fourth-order valence-corrected chi connectivity index (χ4v) is 6.58. The predicted molar refractivity (Wildman–Crippen MR) is 181 cm³/mol. The predicted octanol–water partition coefficient (Wildman–Crippen LogP) is 3.18. The number of halogens is 2. The third-order valence-corrected chi connectivity index (χ3v) is 9.29. The average molecular weight is 711 g/mol. The van der Waals surface area contributed by atoms with Gasteiger partial charge in [-0.15, -0.1) is 16.4 Å². The molecule has 2 aromatic carbocycles. The van der Waals surface area contributed by atoms with E-state index in [4.69, 9.17) is 9.47 Å². The number of thiazole rings is 1. The van der Waals surface area contributed by atoms with E-state index in [1.807, 2.05) is 0 Å². The van der Waals surface area contributed by atoms with Gasteiger partial charge < -0.3 is 25.0 Å². The first-order chi connectivity index (χ1) is 24.3. The molecule has 3 amide bonds. The van der Waals surface area contributed by atoms with Crippen molar-refractivity contribution in [2.24, 2.45) is 0 Å². The summed E-state index contributed by atoms with van der Waals surface area (Å²) < 4.78 is 40.8.